The molecule has 0 aliphatic carbocycles. The van der Waals surface area contributed by atoms with Crippen LogP contribution in [0.5, 0.6) is 0 Å². The zero-order valence-electron chi connectivity index (χ0n) is 6.66. The second kappa shape index (κ2) is 3.59. The van der Waals surface area contributed by atoms with Gasteiger partial charge in [0, 0.05) is 17.8 Å². The Hall–Kier alpha value is -1.33. The molecular formula is C8H7N3OS. The first-order valence-electron chi connectivity index (χ1n) is 3.70. The third-order valence-electron chi connectivity index (χ3n) is 1.59. The smallest absolute Gasteiger partial charge is 0.140 e. The van der Waals surface area contributed by atoms with Gasteiger partial charge in [0.2, 0.25) is 0 Å². The van der Waals surface area contributed by atoms with Crippen molar-refractivity contribution in [2.24, 2.45) is 0 Å². The minimum atomic E-state index is -0.764. The highest BCUT2D eigenvalue weighted by molar-refractivity contribution is 7.07. The summed E-state index contributed by atoms with van der Waals surface area (Å²) in [5.41, 5.74) is 2.81. The minimum absolute atomic E-state index is 0.522. The number of aromatic nitrogens is 3. The molecule has 5 heteroatoms. The van der Waals surface area contributed by atoms with Crippen molar-refractivity contribution in [2.45, 2.75) is 6.10 Å². The quantitative estimate of drug-likeness (QED) is 0.773. The SMILES string of the molecule is OC(c1cnccn1)c1cscn1. The summed E-state index contributed by atoms with van der Waals surface area (Å²) in [6.07, 6.45) is 3.88. The van der Waals surface area contributed by atoms with E-state index in [1.807, 2.05) is 0 Å². The summed E-state index contributed by atoms with van der Waals surface area (Å²) >= 11 is 1.44. The molecule has 1 N–H and O–H groups in total. The lowest BCUT2D eigenvalue weighted by atomic mass is 10.2. The van der Waals surface area contributed by atoms with E-state index < -0.39 is 6.10 Å². The molecule has 2 aromatic heterocycles. The maximum Gasteiger partial charge on any atom is 0.140 e. The molecule has 0 aromatic carbocycles. The number of hydrogen-bond acceptors (Lipinski definition) is 5. The Morgan fingerprint density at radius 2 is 2.15 bits per heavy atom. The molecule has 0 aliphatic rings. The first-order valence-corrected chi connectivity index (χ1v) is 4.64. The fourth-order valence-corrected chi connectivity index (χ4v) is 1.53. The van der Waals surface area contributed by atoms with Crippen LogP contribution >= 0.6 is 11.3 Å². The largest absolute Gasteiger partial charge is 0.380 e. The number of aliphatic hydroxyl groups is 1. The lowest BCUT2D eigenvalue weighted by Gasteiger charge is -2.04. The van der Waals surface area contributed by atoms with Crippen molar-refractivity contribution in [2.75, 3.05) is 0 Å². The minimum Gasteiger partial charge on any atom is -0.380 e. The lowest BCUT2D eigenvalue weighted by Crippen LogP contribution is -2.02. The van der Waals surface area contributed by atoms with Crippen molar-refractivity contribution in [1.29, 1.82) is 0 Å². The zero-order valence-corrected chi connectivity index (χ0v) is 7.48. The highest BCUT2D eigenvalue weighted by Gasteiger charge is 2.12. The average Bonchev–Trinajstić information content (AvgIpc) is 2.71. The first-order chi connectivity index (χ1) is 6.38. The molecule has 1 unspecified atom stereocenters. The molecule has 2 aromatic rings. The molecule has 4 nitrogen and oxygen atoms in total. The van der Waals surface area contributed by atoms with E-state index in [1.54, 1.807) is 23.3 Å². The molecule has 0 amide bonds. The van der Waals surface area contributed by atoms with Crippen molar-refractivity contribution in [1.82, 2.24) is 15.0 Å². The van der Waals surface area contributed by atoms with E-state index in [4.69, 9.17) is 0 Å². The molecule has 0 aliphatic heterocycles. The van der Waals surface area contributed by atoms with Gasteiger partial charge < -0.3 is 5.11 Å². The maximum atomic E-state index is 9.72. The number of nitrogens with zero attached hydrogens (tertiary/aromatic N) is 3. The van der Waals surface area contributed by atoms with Gasteiger partial charge in [-0.05, 0) is 0 Å². The van der Waals surface area contributed by atoms with E-state index in [9.17, 15) is 5.11 Å². The summed E-state index contributed by atoms with van der Waals surface area (Å²) in [5, 5.41) is 11.5. The molecule has 0 saturated carbocycles. The van der Waals surface area contributed by atoms with Crippen LogP contribution in [0.25, 0.3) is 0 Å². The molecule has 2 heterocycles. The van der Waals surface area contributed by atoms with Crippen LogP contribution in [0, 0.1) is 0 Å². The van der Waals surface area contributed by atoms with Crippen LogP contribution in [-0.4, -0.2) is 20.1 Å². The third kappa shape index (κ3) is 1.71. The number of rotatable bonds is 2. The summed E-state index contributed by atoms with van der Waals surface area (Å²) in [6, 6.07) is 0. The topological polar surface area (TPSA) is 58.9 Å². The van der Waals surface area contributed by atoms with Crippen LogP contribution in [0.4, 0.5) is 0 Å². The van der Waals surface area contributed by atoms with Crippen LogP contribution in [0.15, 0.2) is 29.5 Å². The summed E-state index contributed by atoms with van der Waals surface area (Å²) in [4.78, 5) is 11.8. The fourth-order valence-electron chi connectivity index (χ4n) is 0.960. The molecule has 0 saturated heterocycles. The zero-order chi connectivity index (χ0) is 9.10. The first kappa shape index (κ1) is 8.28. The van der Waals surface area contributed by atoms with Gasteiger partial charge in [-0.3, -0.25) is 9.97 Å². The van der Waals surface area contributed by atoms with Crippen molar-refractivity contribution in [3.05, 3.63) is 40.9 Å². The summed E-state index contributed by atoms with van der Waals surface area (Å²) in [5.74, 6) is 0. The Morgan fingerprint density at radius 1 is 1.23 bits per heavy atom. The Kier molecular flexibility index (Phi) is 2.29. The van der Waals surface area contributed by atoms with E-state index in [-0.39, 0.29) is 0 Å². The van der Waals surface area contributed by atoms with E-state index in [2.05, 4.69) is 15.0 Å². The number of hydrogen-bond donors (Lipinski definition) is 1. The molecule has 13 heavy (non-hydrogen) atoms. The van der Waals surface area contributed by atoms with Crippen molar-refractivity contribution >= 4 is 11.3 Å². The number of thiazole rings is 1. The van der Waals surface area contributed by atoms with Gasteiger partial charge in [-0.1, -0.05) is 0 Å². The van der Waals surface area contributed by atoms with Crippen molar-refractivity contribution in [3.8, 4) is 0 Å². The van der Waals surface area contributed by atoms with Gasteiger partial charge in [0.1, 0.15) is 6.10 Å². The average molecular weight is 193 g/mol. The van der Waals surface area contributed by atoms with Crippen LogP contribution in [0.3, 0.4) is 0 Å². The van der Waals surface area contributed by atoms with Gasteiger partial charge in [0.15, 0.2) is 0 Å². The lowest BCUT2D eigenvalue weighted by molar-refractivity contribution is 0.210. The second-order valence-electron chi connectivity index (χ2n) is 2.45. The second-order valence-corrected chi connectivity index (χ2v) is 3.16. The highest BCUT2D eigenvalue weighted by atomic mass is 32.1. The van der Waals surface area contributed by atoms with Crippen molar-refractivity contribution in [3.63, 3.8) is 0 Å². The Labute approximate surface area is 78.9 Å². The highest BCUT2D eigenvalue weighted by Crippen LogP contribution is 2.18. The molecule has 66 valence electrons. The fraction of sp³-hybridized carbons (Fsp3) is 0.125. The van der Waals surface area contributed by atoms with Gasteiger partial charge in [-0.25, -0.2) is 4.98 Å². The van der Waals surface area contributed by atoms with E-state index in [1.165, 1.54) is 17.5 Å². The van der Waals surface area contributed by atoms with Crippen molar-refractivity contribution < 1.29 is 5.11 Å². The molecule has 0 bridgehead atoms. The van der Waals surface area contributed by atoms with E-state index in [0.29, 0.717) is 11.4 Å². The van der Waals surface area contributed by atoms with Crippen LogP contribution in [-0.2, 0) is 0 Å². The van der Waals surface area contributed by atoms with Gasteiger partial charge in [-0.2, -0.15) is 0 Å². The monoisotopic (exact) mass is 193 g/mol. The molecule has 0 fully saturated rings. The predicted octanol–water partition coefficient (Wildman–Crippen LogP) is 1.01. The molecule has 1 atom stereocenters. The van der Waals surface area contributed by atoms with Gasteiger partial charge >= 0.3 is 0 Å². The Balaban J connectivity index is 2.29. The molecule has 0 spiro atoms. The predicted molar refractivity (Wildman–Crippen MR) is 48.2 cm³/mol. The van der Waals surface area contributed by atoms with Gasteiger partial charge in [-0.15, -0.1) is 11.3 Å². The van der Waals surface area contributed by atoms with Crippen LogP contribution in [0.2, 0.25) is 0 Å². The molecular weight excluding hydrogens is 186 g/mol. The summed E-state index contributed by atoms with van der Waals surface area (Å²) < 4.78 is 0. The van der Waals surface area contributed by atoms with Crippen LogP contribution < -0.4 is 0 Å². The van der Waals surface area contributed by atoms with E-state index >= 15 is 0 Å². The van der Waals surface area contributed by atoms with Crippen LogP contribution in [0.1, 0.15) is 17.5 Å². The number of aliphatic hydroxyl groups excluding tert-OH is 1. The molecule has 0 radical (unpaired) electrons. The summed E-state index contributed by atoms with van der Waals surface area (Å²) in [6.45, 7) is 0. The standard InChI is InChI=1S/C8H7N3OS/c12-8(7-4-13-5-11-7)6-3-9-1-2-10-6/h1-5,8,12H. The summed E-state index contributed by atoms with van der Waals surface area (Å²) in [7, 11) is 0. The normalized spacial score (nSPS) is 12.7. The maximum absolute atomic E-state index is 9.72. The Bertz CT molecular complexity index is 362. The molecule has 2 rings (SSSR count). The third-order valence-corrected chi connectivity index (χ3v) is 2.20. The van der Waals surface area contributed by atoms with Gasteiger partial charge in [0.05, 0.1) is 23.1 Å². The van der Waals surface area contributed by atoms with E-state index in [0.717, 1.165) is 0 Å². The van der Waals surface area contributed by atoms with Gasteiger partial charge in [0.25, 0.3) is 0 Å². The Morgan fingerprint density at radius 3 is 2.77 bits per heavy atom.